The van der Waals surface area contributed by atoms with E-state index in [1.807, 2.05) is 72.8 Å². The van der Waals surface area contributed by atoms with Crippen LogP contribution >= 0.6 is 11.8 Å². The highest BCUT2D eigenvalue weighted by Gasteiger charge is 2.47. The van der Waals surface area contributed by atoms with Gasteiger partial charge < -0.3 is 29.9 Å². The second-order valence-corrected chi connectivity index (χ2v) is 12.5. The number of carbonyl (C=O) groups is 2. The number of alkyl halides is 3. The first-order valence-electron chi connectivity index (χ1n) is 15.2. The smallest absolute Gasteiger partial charge is 0.396 e. The molecular formula is C34H37F3N2O6S. The molecule has 3 aromatic rings. The molecule has 8 nitrogen and oxygen atoms in total. The standard InChI is InChI=1S/C34H37F3N2O6S/c35-34(36,37)33(43)39-14-2-5-29(39)31(42)38-19-23-3-1-4-27(17-23)24-10-12-26(13-11-24)32-44-28(21-46-16-15-40)18-30(45-32)25-8-6-22(20-41)7-9-25/h1,3-4,6-13,17,28-30,32,40-41H,2,5,14-16,18-21H2,(H,38,42)/t28-,29+,30+,32+/m1/s1. The second kappa shape index (κ2) is 15.4. The molecule has 12 heteroatoms. The zero-order valence-electron chi connectivity index (χ0n) is 25.1. The average molecular weight is 659 g/mol. The summed E-state index contributed by atoms with van der Waals surface area (Å²) in [6, 6.07) is 21.8. The van der Waals surface area contributed by atoms with Crippen LogP contribution in [0.2, 0.25) is 0 Å². The summed E-state index contributed by atoms with van der Waals surface area (Å²) in [4.78, 5) is 25.1. The Bertz CT molecular complexity index is 1470. The number of carbonyl (C=O) groups excluding carboxylic acids is 2. The van der Waals surface area contributed by atoms with Crippen molar-refractivity contribution in [3.8, 4) is 11.1 Å². The van der Waals surface area contributed by atoms with E-state index in [1.165, 1.54) is 0 Å². The summed E-state index contributed by atoms with van der Waals surface area (Å²) in [5.41, 5.74) is 5.22. The summed E-state index contributed by atoms with van der Waals surface area (Å²) in [5, 5.41) is 21.3. The van der Waals surface area contributed by atoms with E-state index >= 15 is 0 Å². The Morgan fingerprint density at radius 2 is 1.67 bits per heavy atom. The third-order valence-electron chi connectivity index (χ3n) is 8.12. The minimum atomic E-state index is -5.02. The highest BCUT2D eigenvalue weighted by molar-refractivity contribution is 7.99. The van der Waals surface area contributed by atoms with Crippen LogP contribution in [0.3, 0.4) is 0 Å². The lowest BCUT2D eigenvalue weighted by Crippen LogP contribution is -2.50. The molecule has 0 radical (unpaired) electrons. The van der Waals surface area contributed by atoms with Crippen LogP contribution in [-0.2, 0) is 32.2 Å². The molecule has 4 atom stereocenters. The number of thioether (sulfide) groups is 1. The number of hydrogen-bond donors (Lipinski definition) is 3. The molecule has 0 bridgehead atoms. The monoisotopic (exact) mass is 658 g/mol. The molecule has 0 aromatic heterocycles. The Balaban J connectivity index is 1.24. The summed E-state index contributed by atoms with van der Waals surface area (Å²) >= 11 is 1.62. The molecule has 246 valence electrons. The van der Waals surface area contributed by atoms with Crippen molar-refractivity contribution in [2.24, 2.45) is 0 Å². The molecular weight excluding hydrogens is 621 g/mol. The number of likely N-dealkylation sites (tertiary alicyclic amines) is 1. The van der Waals surface area contributed by atoms with Gasteiger partial charge in [-0.1, -0.05) is 66.7 Å². The van der Waals surface area contributed by atoms with Crippen LogP contribution in [0.5, 0.6) is 0 Å². The first-order chi connectivity index (χ1) is 22.2. The minimum absolute atomic E-state index is 0.0331. The third-order valence-corrected chi connectivity index (χ3v) is 9.20. The molecule has 3 N–H and O–H groups in total. The van der Waals surface area contributed by atoms with Gasteiger partial charge in [-0.2, -0.15) is 24.9 Å². The summed E-state index contributed by atoms with van der Waals surface area (Å²) < 4.78 is 51.6. The quantitative estimate of drug-likeness (QED) is 0.241. The zero-order valence-corrected chi connectivity index (χ0v) is 25.9. The van der Waals surface area contributed by atoms with Crippen LogP contribution in [0, 0.1) is 0 Å². The van der Waals surface area contributed by atoms with Gasteiger partial charge in [-0.3, -0.25) is 9.59 Å². The Morgan fingerprint density at radius 3 is 2.37 bits per heavy atom. The first-order valence-corrected chi connectivity index (χ1v) is 16.4. The molecule has 5 rings (SSSR count). The number of amides is 2. The van der Waals surface area contributed by atoms with Crippen molar-refractivity contribution in [2.45, 2.75) is 63.1 Å². The van der Waals surface area contributed by atoms with Gasteiger partial charge in [0, 0.05) is 36.6 Å². The van der Waals surface area contributed by atoms with Crippen molar-refractivity contribution in [2.75, 3.05) is 24.7 Å². The van der Waals surface area contributed by atoms with E-state index in [0.717, 1.165) is 33.4 Å². The number of ether oxygens (including phenoxy) is 2. The normalized spacial score (nSPS) is 21.7. The van der Waals surface area contributed by atoms with Crippen molar-refractivity contribution >= 4 is 23.6 Å². The topological polar surface area (TPSA) is 108 Å². The fourth-order valence-electron chi connectivity index (χ4n) is 5.75. The van der Waals surface area contributed by atoms with Gasteiger partial charge in [0.1, 0.15) is 6.04 Å². The number of rotatable bonds is 11. The molecule has 2 saturated heterocycles. The maximum Gasteiger partial charge on any atom is 0.471 e. The summed E-state index contributed by atoms with van der Waals surface area (Å²) in [5.74, 6) is -1.25. The molecule has 2 amide bonds. The van der Waals surface area contributed by atoms with Crippen molar-refractivity contribution in [3.05, 3.63) is 95.1 Å². The number of aliphatic hydroxyl groups is 2. The number of benzene rings is 3. The number of aliphatic hydroxyl groups excluding tert-OH is 2. The number of hydrogen-bond acceptors (Lipinski definition) is 7. The molecule has 2 fully saturated rings. The van der Waals surface area contributed by atoms with E-state index in [-0.39, 0.29) is 44.9 Å². The maximum atomic E-state index is 13.0. The fourth-order valence-corrected chi connectivity index (χ4v) is 6.52. The van der Waals surface area contributed by atoms with Gasteiger partial charge in [-0.05, 0) is 46.7 Å². The fraction of sp³-hybridized carbons (Fsp3) is 0.412. The highest BCUT2D eigenvalue weighted by atomic mass is 32.2. The van der Waals surface area contributed by atoms with E-state index in [4.69, 9.17) is 9.47 Å². The van der Waals surface area contributed by atoms with Gasteiger partial charge in [-0.25, -0.2) is 0 Å². The van der Waals surface area contributed by atoms with E-state index in [1.54, 1.807) is 11.8 Å². The lowest BCUT2D eigenvalue weighted by Gasteiger charge is -2.36. The van der Waals surface area contributed by atoms with Gasteiger partial charge in [0.2, 0.25) is 5.91 Å². The van der Waals surface area contributed by atoms with Crippen molar-refractivity contribution in [1.82, 2.24) is 10.2 Å². The number of halogens is 3. The van der Waals surface area contributed by atoms with Crippen LogP contribution in [0.15, 0.2) is 72.8 Å². The summed E-state index contributed by atoms with van der Waals surface area (Å²) in [6.45, 7) is 0.0745. The molecule has 0 unspecified atom stereocenters. The third kappa shape index (κ3) is 8.48. The van der Waals surface area contributed by atoms with Crippen LogP contribution in [0.1, 0.15) is 53.9 Å². The van der Waals surface area contributed by atoms with Crippen molar-refractivity contribution in [1.29, 1.82) is 0 Å². The number of nitrogens with zero attached hydrogens (tertiary/aromatic N) is 1. The molecule has 0 saturated carbocycles. The van der Waals surface area contributed by atoms with Crippen molar-refractivity contribution in [3.63, 3.8) is 0 Å². The predicted octanol–water partition coefficient (Wildman–Crippen LogP) is 5.29. The van der Waals surface area contributed by atoms with Crippen LogP contribution in [-0.4, -0.2) is 69.9 Å². The van der Waals surface area contributed by atoms with Crippen molar-refractivity contribution < 1.29 is 42.4 Å². The van der Waals surface area contributed by atoms with Gasteiger partial charge >= 0.3 is 12.1 Å². The molecule has 46 heavy (non-hydrogen) atoms. The molecule has 3 aromatic carbocycles. The minimum Gasteiger partial charge on any atom is -0.396 e. The van der Waals surface area contributed by atoms with E-state index in [0.29, 0.717) is 29.2 Å². The Hall–Kier alpha value is -3.42. The highest BCUT2D eigenvalue weighted by Crippen LogP contribution is 2.39. The zero-order chi connectivity index (χ0) is 32.7. The Kier molecular flexibility index (Phi) is 11.4. The van der Waals surface area contributed by atoms with Gasteiger partial charge in [0.05, 0.1) is 25.4 Å². The molecule has 0 aliphatic carbocycles. The Labute approximate surface area is 269 Å². The summed E-state index contributed by atoms with van der Waals surface area (Å²) in [6.07, 6.45) is -4.74. The summed E-state index contributed by atoms with van der Waals surface area (Å²) in [7, 11) is 0. The lowest BCUT2D eigenvalue weighted by molar-refractivity contribution is -0.245. The lowest BCUT2D eigenvalue weighted by atomic mass is 9.99. The van der Waals surface area contributed by atoms with Crippen LogP contribution in [0.25, 0.3) is 11.1 Å². The van der Waals surface area contributed by atoms with Crippen LogP contribution < -0.4 is 5.32 Å². The molecule has 2 aliphatic rings. The van der Waals surface area contributed by atoms with Gasteiger partial charge in [0.15, 0.2) is 6.29 Å². The molecule has 2 heterocycles. The molecule has 0 spiro atoms. The van der Waals surface area contributed by atoms with E-state index in [2.05, 4.69) is 5.32 Å². The van der Waals surface area contributed by atoms with E-state index in [9.17, 15) is 33.0 Å². The second-order valence-electron chi connectivity index (χ2n) is 11.3. The maximum absolute atomic E-state index is 13.0. The molecule has 2 aliphatic heterocycles. The largest absolute Gasteiger partial charge is 0.471 e. The van der Waals surface area contributed by atoms with E-state index < -0.39 is 30.3 Å². The SMILES string of the molecule is O=C(NCc1cccc(-c2ccc([C@H]3O[C@@H](CSCCO)C[C@@H](c4ccc(CO)cc4)O3)cc2)c1)[C@@H]1CCCN1C(=O)C(F)(F)F. The van der Waals surface area contributed by atoms with Crippen LogP contribution in [0.4, 0.5) is 13.2 Å². The predicted molar refractivity (Wildman–Crippen MR) is 167 cm³/mol. The number of nitrogens with one attached hydrogen (secondary N) is 1. The first kappa shape index (κ1) is 33.9. The van der Waals surface area contributed by atoms with Gasteiger partial charge in [-0.15, -0.1) is 0 Å². The Morgan fingerprint density at radius 1 is 0.935 bits per heavy atom. The average Bonchev–Trinajstić information content (AvgIpc) is 3.57. The van der Waals surface area contributed by atoms with Gasteiger partial charge in [0.25, 0.3) is 0 Å².